The predicted molar refractivity (Wildman–Crippen MR) is 130 cm³/mol. The van der Waals surface area contributed by atoms with Crippen LogP contribution in [0.25, 0.3) is 21.3 Å². The molecule has 158 valence electrons. The zero-order valence-corrected chi connectivity index (χ0v) is 19.2. The Morgan fingerprint density at radius 3 is 2.58 bits per heavy atom. The van der Waals surface area contributed by atoms with Gasteiger partial charge in [0.1, 0.15) is 17.0 Å². The molecule has 0 saturated heterocycles. The number of carbonyl (C=O) groups excluding carboxylic acids is 1. The molecule has 1 amide bonds. The van der Waals surface area contributed by atoms with Crippen molar-refractivity contribution in [2.75, 3.05) is 17.2 Å². The van der Waals surface area contributed by atoms with Gasteiger partial charge in [0.15, 0.2) is 0 Å². The number of rotatable bonds is 6. The monoisotopic (exact) mass is 450 g/mol. The van der Waals surface area contributed by atoms with Gasteiger partial charge in [-0.15, -0.1) is 11.3 Å². The molecule has 2 aromatic heterocycles. The highest BCUT2D eigenvalue weighted by atomic mass is 35.5. The van der Waals surface area contributed by atoms with Gasteiger partial charge in [0.2, 0.25) is 5.91 Å². The summed E-state index contributed by atoms with van der Waals surface area (Å²) < 4.78 is 0. The molecule has 0 aliphatic carbocycles. The van der Waals surface area contributed by atoms with Gasteiger partial charge in [0.05, 0.1) is 5.39 Å². The third kappa shape index (κ3) is 4.70. The number of fused-ring (bicyclic) bond motifs is 1. The minimum atomic E-state index is -0.0852. The van der Waals surface area contributed by atoms with Crippen molar-refractivity contribution in [3.8, 4) is 11.1 Å². The topological polar surface area (TPSA) is 66.9 Å². The van der Waals surface area contributed by atoms with Crippen molar-refractivity contribution in [2.24, 2.45) is 0 Å². The van der Waals surface area contributed by atoms with Crippen LogP contribution >= 0.6 is 22.9 Å². The van der Waals surface area contributed by atoms with Crippen LogP contribution in [0.5, 0.6) is 0 Å². The molecule has 0 unspecified atom stereocenters. The van der Waals surface area contributed by atoms with Gasteiger partial charge in [-0.3, -0.25) is 4.79 Å². The molecule has 0 radical (unpaired) electrons. The molecule has 0 aliphatic rings. The zero-order chi connectivity index (χ0) is 22.0. The summed E-state index contributed by atoms with van der Waals surface area (Å²) in [4.78, 5) is 23.4. The second kappa shape index (κ2) is 9.04. The maximum atomic E-state index is 12.4. The number of halogens is 1. The van der Waals surface area contributed by atoms with E-state index in [0.29, 0.717) is 23.7 Å². The van der Waals surface area contributed by atoms with Crippen LogP contribution in [0.4, 0.5) is 11.5 Å². The number of hydrogen-bond acceptors (Lipinski definition) is 5. The van der Waals surface area contributed by atoms with Crippen molar-refractivity contribution in [3.63, 3.8) is 0 Å². The number of aryl methyl sites for hydroxylation is 3. The number of hydrogen-bond donors (Lipinski definition) is 2. The van der Waals surface area contributed by atoms with Gasteiger partial charge < -0.3 is 10.6 Å². The Hall–Kier alpha value is -2.96. The standard InChI is InChI=1S/C24H23ClN4OS/c1-14-4-7-17(8-5-14)21-16(3)31-24-22(21)23(27-13-28-24)26-11-10-20(30)29-18-9-6-15(2)19(25)12-18/h4-9,12-13H,10-11H2,1-3H3,(H,29,30)(H,26,27,28). The highest BCUT2D eigenvalue weighted by Gasteiger charge is 2.16. The molecule has 31 heavy (non-hydrogen) atoms. The number of thiophene rings is 1. The Bertz CT molecular complexity index is 1250. The Labute approximate surface area is 190 Å². The number of nitrogens with zero attached hydrogens (tertiary/aromatic N) is 2. The maximum Gasteiger partial charge on any atom is 0.226 e. The van der Waals surface area contributed by atoms with E-state index in [4.69, 9.17) is 11.6 Å². The van der Waals surface area contributed by atoms with Crippen LogP contribution in [0.15, 0.2) is 48.8 Å². The average Bonchev–Trinajstić information content (AvgIpc) is 3.08. The second-order valence-corrected chi connectivity index (χ2v) is 9.10. The predicted octanol–water partition coefficient (Wildman–Crippen LogP) is 6.38. The van der Waals surface area contributed by atoms with Crippen molar-refractivity contribution in [1.82, 2.24) is 9.97 Å². The first-order valence-corrected chi connectivity index (χ1v) is 11.2. The molecule has 5 nitrogen and oxygen atoms in total. The zero-order valence-electron chi connectivity index (χ0n) is 17.6. The Morgan fingerprint density at radius 1 is 1.06 bits per heavy atom. The third-order valence-corrected chi connectivity index (χ3v) is 6.53. The summed E-state index contributed by atoms with van der Waals surface area (Å²) in [6.45, 7) is 6.57. The fraction of sp³-hybridized carbons (Fsp3) is 0.208. The van der Waals surface area contributed by atoms with Gasteiger partial charge in [-0.1, -0.05) is 47.5 Å². The number of carbonyl (C=O) groups is 1. The smallest absolute Gasteiger partial charge is 0.226 e. The van der Waals surface area contributed by atoms with Crippen LogP contribution in [0.3, 0.4) is 0 Å². The number of aromatic nitrogens is 2. The molecule has 2 aromatic carbocycles. The van der Waals surface area contributed by atoms with Crippen LogP contribution in [0.2, 0.25) is 5.02 Å². The van der Waals surface area contributed by atoms with Gasteiger partial charge in [-0.25, -0.2) is 9.97 Å². The normalized spacial score (nSPS) is 11.0. The summed E-state index contributed by atoms with van der Waals surface area (Å²) in [7, 11) is 0. The van der Waals surface area contributed by atoms with Gasteiger partial charge in [0, 0.05) is 34.1 Å². The van der Waals surface area contributed by atoms with Gasteiger partial charge >= 0.3 is 0 Å². The first kappa shape index (κ1) is 21.3. The molecular weight excluding hydrogens is 428 g/mol. The molecular formula is C24H23ClN4OS. The van der Waals surface area contributed by atoms with Gasteiger partial charge in [-0.05, 0) is 44.0 Å². The van der Waals surface area contributed by atoms with Crippen LogP contribution < -0.4 is 10.6 Å². The summed E-state index contributed by atoms with van der Waals surface area (Å²) in [6, 6.07) is 14.0. The number of nitrogens with one attached hydrogen (secondary N) is 2. The Kier molecular flexibility index (Phi) is 6.20. The first-order valence-electron chi connectivity index (χ1n) is 10.0. The fourth-order valence-electron chi connectivity index (χ4n) is 3.43. The molecule has 4 rings (SSSR count). The third-order valence-electron chi connectivity index (χ3n) is 5.10. The quantitative estimate of drug-likeness (QED) is 0.357. The molecule has 0 bridgehead atoms. The van der Waals surface area contributed by atoms with Crippen LogP contribution in [0.1, 0.15) is 22.4 Å². The van der Waals surface area contributed by atoms with E-state index < -0.39 is 0 Å². The van der Waals surface area contributed by atoms with Crippen molar-refractivity contribution in [3.05, 3.63) is 69.8 Å². The lowest BCUT2D eigenvalue weighted by Gasteiger charge is -2.10. The second-order valence-electron chi connectivity index (χ2n) is 7.49. The molecule has 0 saturated carbocycles. The lowest BCUT2D eigenvalue weighted by atomic mass is 10.0. The van der Waals surface area contributed by atoms with E-state index >= 15 is 0 Å². The van der Waals surface area contributed by atoms with E-state index in [1.165, 1.54) is 10.4 Å². The van der Waals surface area contributed by atoms with E-state index in [1.54, 1.807) is 23.7 Å². The highest BCUT2D eigenvalue weighted by molar-refractivity contribution is 7.19. The minimum Gasteiger partial charge on any atom is -0.369 e. The molecule has 2 N–H and O–H groups in total. The minimum absolute atomic E-state index is 0.0852. The van der Waals surface area contributed by atoms with E-state index in [-0.39, 0.29) is 5.91 Å². The molecule has 0 atom stereocenters. The molecule has 4 aromatic rings. The van der Waals surface area contributed by atoms with E-state index in [1.807, 2.05) is 19.1 Å². The fourth-order valence-corrected chi connectivity index (χ4v) is 4.63. The largest absolute Gasteiger partial charge is 0.369 e. The maximum absolute atomic E-state index is 12.4. The SMILES string of the molecule is Cc1ccc(-c2c(C)sc3ncnc(NCCC(=O)Nc4ccc(C)c(Cl)c4)c23)cc1. The van der Waals surface area contributed by atoms with Gasteiger partial charge in [-0.2, -0.15) is 0 Å². The number of anilines is 2. The molecule has 0 aliphatic heterocycles. The van der Waals surface area contributed by atoms with Crippen LogP contribution in [0, 0.1) is 20.8 Å². The molecule has 7 heteroatoms. The summed E-state index contributed by atoms with van der Waals surface area (Å²) in [6.07, 6.45) is 1.87. The molecule has 0 spiro atoms. The first-order chi connectivity index (χ1) is 14.9. The summed E-state index contributed by atoms with van der Waals surface area (Å²) in [5, 5.41) is 7.85. The van der Waals surface area contributed by atoms with Crippen molar-refractivity contribution >= 4 is 50.6 Å². The van der Waals surface area contributed by atoms with Crippen LogP contribution in [-0.4, -0.2) is 22.4 Å². The summed E-state index contributed by atoms with van der Waals surface area (Å²) >= 11 is 7.79. The lowest BCUT2D eigenvalue weighted by Crippen LogP contribution is -2.16. The average molecular weight is 451 g/mol. The van der Waals surface area contributed by atoms with Gasteiger partial charge in [0.25, 0.3) is 0 Å². The van der Waals surface area contributed by atoms with E-state index in [9.17, 15) is 4.79 Å². The molecule has 2 heterocycles. The van der Waals surface area contributed by atoms with Crippen molar-refractivity contribution in [2.45, 2.75) is 27.2 Å². The van der Waals surface area contributed by atoms with Crippen LogP contribution in [-0.2, 0) is 4.79 Å². The summed E-state index contributed by atoms with van der Waals surface area (Å²) in [5.74, 6) is 0.661. The van der Waals surface area contributed by atoms with E-state index in [0.717, 1.165) is 32.7 Å². The van der Waals surface area contributed by atoms with Crippen molar-refractivity contribution < 1.29 is 4.79 Å². The Balaban J connectivity index is 1.50. The lowest BCUT2D eigenvalue weighted by molar-refractivity contribution is -0.115. The molecule has 0 fully saturated rings. The number of benzene rings is 2. The number of amides is 1. The Morgan fingerprint density at radius 2 is 1.84 bits per heavy atom. The van der Waals surface area contributed by atoms with Crippen molar-refractivity contribution in [1.29, 1.82) is 0 Å². The van der Waals surface area contributed by atoms with E-state index in [2.05, 4.69) is 58.7 Å². The highest BCUT2D eigenvalue weighted by Crippen LogP contribution is 2.40. The summed E-state index contributed by atoms with van der Waals surface area (Å²) in [5.41, 5.74) is 5.17.